The van der Waals surface area contributed by atoms with Gasteiger partial charge < -0.3 is 10.0 Å². The Labute approximate surface area is 163 Å². The summed E-state index contributed by atoms with van der Waals surface area (Å²) in [6.07, 6.45) is 0.652. The van der Waals surface area contributed by atoms with Crippen LogP contribution in [0.25, 0.3) is 10.9 Å². The summed E-state index contributed by atoms with van der Waals surface area (Å²) in [5.74, 6) is -0.276. The van der Waals surface area contributed by atoms with Gasteiger partial charge >= 0.3 is 0 Å². The maximum atomic E-state index is 12.9. The van der Waals surface area contributed by atoms with Gasteiger partial charge in [0.05, 0.1) is 16.8 Å². The topological polar surface area (TPSA) is 69.2 Å². The quantitative estimate of drug-likeness (QED) is 0.554. The fourth-order valence-electron chi connectivity index (χ4n) is 3.34. The molecule has 1 heterocycles. The van der Waals surface area contributed by atoms with Gasteiger partial charge in [-0.2, -0.15) is 5.10 Å². The summed E-state index contributed by atoms with van der Waals surface area (Å²) in [4.78, 5) is 14.5. The molecular formula is C23H21N3O2. The third-order valence-electron chi connectivity index (χ3n) is 4.81. The Hall–Kier alpha value is -3.60. The van der Waals surface area contributed by atoms with E-state index in [0.29, 0.717) is 18.5 Å². The molecule has 5 heteroatoms. The zero-order chi connectivity index (χ0) is 19.5. The first-order valence-corrected chi connectivity index (χ1v) is 9.15. The molecule has 0 fully saturated rings. The second-order valence-electron chi connectivity index (χ2n) is 6.89. The summed E-state index contributed by atoms with van der Waals surface area (Å²) >= 11 is 0. The molecule has 0 saturated carbocycles. The third kappa shape index (κ3) is 3.60. The van der Waals surface area contributed by atoms with Gasteiger partial charge in [-0.05, 0) is 17.2 Å². The molecule has 4 rings (SSSR count). The highest BCUT2D eigenvalue weighted by Crippen LogP contribution is 2.28. The van der Waals surface area contributed by atoms with Crippen LogP contribution in [0.3, 0.4) is 0 Å². The highest BCUT2D eigenvalue weighted by molar-refractivity contribution is 6.01. The Kier molecular flexibility index (Phi) is 4.81. The number of phenols is 1. The Balaban J connectivity index is 1.64. The lowest BCUT2D eigenvalue weighted by atomic mass is 10.0. The lowest BCUT2D eigenvalue weighted by Gasteiger charge is -2.18. The minimum atomic E-state index is -0.227. The van der Waals surface area contributed by atoms with Gasteiger partial charge in [0, 0.05) is 31.5 Å². The van der Waals surface area contributed by atoms with Crippen LogP contribution in [-0.4, -0.2) is 33.2 Å². The van der Waals surface area contributed by atoms with E-state index in [0.717, 1.165) is 22.2 Å². The number of hydrogen-bond donors (Lipinski definition) is 2. The first-order chi connectivity index (χ1) is 13.6. The van der Waals surface area contributed by atoms with Gasteiger partial charge in [-0.3, -0.25) is 9.89 Å². The van der Waals surface area contributed by atoms with Gasteiger partial charge in [-0.25, -0.2) is 0 Å². The van der Waals surface area contributed by atoms with Gasteiger partial charge in [-0.15, -0.1) is 0 Å². The maximum absolute atomic E-state index is 12.9. The number of rotatable bonds is 5. The number of aromatic nitrogens is 2. The van der Waals surface area contributed by atoms with Gasteiger partial charge in [-0.1, -0.05) is 60.7 Å². The number of H-pyrrole nitrogens is 1. The Morgan fingerprint density at radius 2 is 1.64 bits per heavy atom. The minimum absolute atomic E-state index is 0.0488. The number of hydrogen-bond acceptors (Lipinski definition) is 3. The predicted octanol–water partition coefficient (Wildman–Crippen LogP) is 4.13. The molecule has 0 atom stereocenters. The summed E-state index contributed by atoms with van der Waals surface area (Å²) in [7, 11) is 1.74. The largest absolute Gasteiger partial charge is 0.507 e. The van der Waals surface area contributed by atoms with Crippen LogP contribution in [0.15, 0.2) is 72.8 Å². The summed E-state index contributed by atoms with van der Waals surface area (Å²) in [5.41, 5.74) is 4.01. The second-order valence-corrected chi connectivity index (χ2v) is 6.89. The molecule has 0 bridgehead atoms. The zero-order valence-corrected chi connectivity index (χ0v) is 15.6. The predicted molar refractivity (Wildman–Crippen MR) is 109 cm³/mol. The molecule has 2 N–H and O–H groups in total. The number of nitrogens with zero attached hydrogens (tertiary/aromatic N) is 2. The number of aromatic amines is 1. The third-order valence-corrected chi connectivity index (χ3v) is 4.81. The molecule has 5 nitrogen and oxygen atoms in total. The standard InChI is InChI=1S/C23H21N3O2/c1-26(15-17-10-6-3-7-11-17)23(28)19-13-18-20(12-16-8-4-2-5-9-16)24-25-21(18)14-22(19)27/h2-11,13-14,27H,12,15H2,1H3,(H,24,25). The summed E-state index contributed by atoms with van der Waals surface area (Å²) in [6, 6.07) is 23.1. The molecule has 1 aromatic heterocycles. The fourth-order valence-corrected chi connectivity index (χ4v) is 3.34. The van der Waals surface area contributed by atoms with Crippen molar-refractivity contribution in [2.45, 2.75) is 13.0 Å². The van der Waals surface area contributed by atoms with E-state index in [1.807, 2.05) is 60.7 Å². The van der Waals surface area contributed by atoms with E-state index >= 15 is 0 Å². The average Bonchev–Trinajstić information content (AvgIpc) is 3.09. The molecule has 140 valence electrons. The van der Waals surface area contributed by atoms with Crippen molar-refractivity contribution in [1.82, 2.24) is 15.1 Å². The Morgan fingerprint density at radius 3 is 2.32 bits per heavy atom. The molecular weight excluding hydrogens is 350 g/mol. The molecule has 1 amide bonds. The highest BCUT2D eigenvalue weighted by atomic mass is 16.3. The van der Waals surface area contributed by atoms with E-state index in [9.17, 15) is 9.90 Å². The molecule has 4 aromatic rings. The Bertz CT molecular complexity index is 1100. The minimum Gasteiger partial charge on any atom is -0.507 e. The number of phenolic OH excluding ortho intramolecular Hbond substituents is 1. The van der Waals surface area contributed by atoms with Crippen LogP contribution in [0.5, 0.6) is 5.75 Å². The van der Waals surface area contributed by atoms with Crippen LogP contribution in [0.4, 0.5) is 0 Å². The zero-order valence-electron chi connectivity index (χ0n) is 15.6. The molecule has 0 spiro atoms. The number of nitrogens with one attached hydrogen (secondary N) is 1. The molecule has 0 saturated heterocycles. The fraction of sp³-hybridized carbons (Fsp3) is 0.130. The van der Waals surface area contributed by atoms with Gasteiger partial charge in [0.25, 0.3) is 5.91 Å². The van der Waals surface area contributed by atoms with E-state index in [2.05, 4.69) is 10.2 Å². The number of aromatic hydroxyl groups is 1. The highest BCUT2D eigenvalue weighted by Gasteiger charge is 2.19. The Morgan fingerprint density at radius 1 is 1.00 bits per heavy atom. The summed E-state index contributed by atoms with van der Waals surface area (Å²) in [6.45, 7) is 0.472. The van der Waals surface area contributed by atoms with Gasteiger partial charge in [0.15, 0.2) is 0 Å². The second kappa shape index (κ2) is 7.56. The monoisotopic (exact) mass is 371 g/mol. The number of carbonyl (C=O) groups is 1. The van der Waals surface area contributed by atoms with Crippen molar-refractivity contribution >= 4 is 16.8 Å². The van der Waals surface area contributed by atoms with E-state index in [-0.39, 0.29) is 17.2 Å². The maximum Gasteiger partial charge on any atom is 0.257 e. The van der Waals surface area contributed by atoms with Crippen LogP contribution >= 0.6 is 0 Å². The van der Waals surface area contributed by atoms with Gasteiger partial charge in [0.2, 0.25) is 0 Å². The van der Waals surface area contributed by atoms with Crippen molar-refractivity contribution in [1.29, 1.82) is 0 Å². The molecule has 28 heavy (non-hydrogen) atoms. The number of carbonyl (C=O) groups excluding carboxylic acids is 1. The van der Waals surface area contributed by atoms with Crippen LogP contribution in [-0.2, 0) is 13.0 Å². The molecule has 0 aliphatic heterocycles. The smallest absolute Gasteiger partial charge is 0.257 e. The van der Waals surface area contributed by atoms with E-state index in [4.69, 9.17) is 0 Å². The van der Waals surface area contributed by atoms with Crippen LogP contribution in [0, 0.1) is 0 Å². The van der Waals surface area contributed by atoms with Crippen molar-refractivity contribution in [3.63, 3.8) is 0 Å². The number of benzene rings is 3. The van der Waals surface area contributed by atoms with Crippen LogP contribution in [0.2, 0.25) is 0 Å². The summed E-state index contributed by atoms with van der Waals surface area (Å²) in [5, 5.41) is 18.6. The van der Waals surface area contributed by atoms with Crippen LogP contribution in [0.1, 0.15) is 27.2 Å². The van der Waals surface area contributed by atoms with Gasteiger partial charge in [0.1, 0.15) is 5.75 Å². The van der Waals surface area contributed by atoms with Crippen molar-refractivity contribution in [2.24, 2.45) is 0 Å². The molecule has 3 aromatic carbocycles. The first kappa shape index (κ1) is 17.8. The first-order valence-electron chi connectivity index (χ1n) is 9.15. The summed E-state index contributed by atoms with van der Waals surface area (Å²) < 4.78 is 0. The number of amides is 1. The lowest BCUT2D eigenvalue weighted by Crippen LogP contribution is -2.26. The molecule has 0 unspecified atom stereocenters. The molecule has 0 aliphatic carbocycles. The molecule has 0 aliphatic rings. The number of fused-ring (bicyclic) bond motifs is 1. The lowest BCUT2D eigenvalue weighted by molar-refractivity contribution is 0.0782. The van der Waals surface area contributed by atoms with E-state index < -0.39 is 0 Å². The van der Waals surface area contributed by atoms with Crippen molar-refractivity contribution in [3.8, 4) is 5.75 Å². The molecule has 0 radical (unpaired) electrons. The van der Waals surface area contributed by atoms with E-state index in [1.54, 1.807) is 24.1 Å². The van der Waals surface area contributed by atoms with E-state index in [1.165, 1.54) is 0 Å². The van der Waals surface area contributed by atoms with Crippen LogP contribution < -0.4 is 0 Å². The average molecular weight is 371 g/mol. The van der Waals surface area contributed by atoms with Crippen molar-refractivity contribution in [2.75, 3.05) is 7.05 Å². The van der Waals surface area contributed by atoms with Crippen molar-refractivity contribution in [3.05, 3.63) is 95.2 Å². The SMILES string of the molecule is CN(Cc1ccccc1)C(=O)c1cc2c(Cc3ccccc3)n[nH]c2cc1O. The normalized spacial score (nSPS) is 10.9. The van der Waals surface area contributed by atoms with Crippen molar-refractivity contribution < 1.29 is 9.90 Å².